The monoisotopic (exact) mass is 366 g/mol. The molecule has 0 aliphatic carbocycles. The van der Waals surface area contributed by atoms with Crippen molar-refractivity contribution >= 4 is 49.1 Å². The normalized spacial score (nSPS) is 11.1. The van der Waals surface area contributed by atoms with Crippen molar-refractivity contribution in [2.75, 3.05) is 0 Å². The first kappa shape index (κ1) is 14.0. The molecule has 20 heavy (non-hydrogen) atoms. The Bertz CT molecular complexity index is 709. The molecule has 1 N–H and O–H groups in total. The second kappa shape index (κ2) is 6.22. The van der Waals surface area contributed by atoms with Crippen LogP contribution in [0.4, 0.5) is 0 Å². The zero-order valence-corrected chi connectivity index (χ0v) is 13.7. The van der Waals surface area contributed by atoms with Crippen molar-refractivity contribution in [1.29, 1.82) is 0 Å². The number of halogens is 2. The Morgan fingerprint density at radius 1 is 1.15 bits per heavy atom. The van der Waals surface area contributed by atoms with Gasteiger partial charge in [-0.25, -0.2) is 4.98 Å². The lowest BCUT2D eigenvalue weighted by Gasteiger charge is -2.06. The maximum Gasteiger partial charge on any atom is 0.108 e. The highest BCUT2D eigenvalue weighted by Crippen LogP contribution is 2.23. The number of nitrogens with zero attached hydrogens (tertiary/aromatic N) is 1. The Morgan fingerprint density at radius 2 is 2.00 bits per heavy atom. The molecule has 0 saturated heterocycles. The molecule has 0 unspecified atom stereocenters. The van der Waals surface area contributed by atoms with Crippen molar-refractivity contribution in [1.82, 2.24) is 10.3 Å². The van der Waals surface area contributed by atoms with E-state index >= 15 is 0 Å². The van der Waals surface area contributed by atoms with Crippen LogP contribution in [0.15, 0.2) is 46.9 Å². The van der Waals surface area contributed by atoms with Crippen LogP contribution in [0.3, 0.4) is 0 Å². The minimum absolute atomic E-state index is 0.755. The smallest absolute Gasteiger partial charge is 0.108 e. The van der Waals surface area contributed by atoms with Crippen LogP contribution >= 0.6 is 38.9 Å². The molecule has 0 atom stereocenters. The molecular weight excluding hydrogens is 356 g/mol. The summed E-state index contributed by atoms with van der Waals surface area (Å²) >= 11 is 11.3. The van der Waals surface area contributed by atoms with Crippen molar-refractivity contribution in [3.63, 3.8) is 0 Å². The summed E-state index contributed by atoms with van der Waals surface area (Å²) in [6, 6.07) is 14.0. The molecule has 0 aliphatic rings. The van der Waals surface area contributed by atoms with Crippen LogP contribution in [0.25, 0.3) is 10.2 Å². The van der Waals surface area contributed by atoms with Gasteiger partial charge in [0.15, 0.2) is 0 Å². The largest absolute Gasteiger partial charge is 0.306 e. The summed E-state index contributed by atoms with van der Waals surface area (Å²) in [5.74, 6) is 0. The van der Waals surface area contributed by atoms with Crippen molar-refractivity contribution in [2.24, 2.45) is 0 Å². The lowest BCUT2D eigenvalue weighted by molar-refractivity contribution is 0.689. The quantitative estimate of drug-likeness (QED) is 0.701. The third-order valence-electron chi connectivity index (χ3n) is 2.94. The van der Waals surface area contributed by atoms with Gasteiger partial charge in [0.1, 0.15) is 5.01 Å². The maximum absolute atomic E-state index is 6.01. The fraction of sp³-hybridized carbons (Fsp3) is 0.133. The van der Waals surface area contributed by atoms with E-state index in [-0.39, 0.29) is 0 Å². The van der Waals surface area contributed by atoms with Crippen LogP contribution in [0, 0.1) is 0 Å². The Labute approximate surface area is 134 Å². The first-order valence-electron chi connectivity index (χ1n) is 6.21. The van der Waals surface area contributed by atoms with Crippen molar-refractivity contribution in [2.45, 2.75) is 13.1 Å². The van der Waals surface area contributed by atoms with Gasteiger partial charge in [0.2, 0.25) is 0 Å². The molecule has 1 heterocycles. The highest BCUT2D eigenvalue weighted by Gasteiger charge is 2.04. The summed E-state index contributed by atoms with van der Waals surface area (Å²) in [6.45, 7) is 1.52. The lowest BCUT2D eigenvalue weighted by atomic mass is 10.2. The molecule has 102 valence electrons. The van der Waals surface area contributed by atoms with Gasteiger partial charge in [-0.3, -0.25) is 0 Å². The fourth-order valence-electron chi connectivity index (χ4n) is 1.98. The van der Waals surface area contributed by atoms with Gasteiger partial charge in [-0.1, -0.05) is 39.7 Å². The van der Waals surface area contributed by atoms with Gasteiger partial charge >= 0.3 is 0 Å². The Morgan fingerprint density at radius 3 is 2.85 bits per heavy atom. The van der Waals surface area contributed by atoms with Gasteiger partial charge < -0.3 is 5.32 Å². The van der Waals surface area contributed by atoms with Gasteiger partial charge in [0, 0.05) is 22.6 Å². The van der Waals surface area contributed by atoms with Gasteiger partial charge in [-0.2, -0.15) is 0 Å². The number of hydrogen-bond donors (Lipinski definition) is 1. The van der Waals surface area contributed by atoms with Crippen LogP contribution in [-0.4, -0.2) is 4.98 Å². The summed E-state index contributed by atoms with van der Waals surface area (Å²) in [5.41, 5.74) is 2.22. The van der Waals surface area contributed by atoms with Crippen LogP contribution in [0.2, 0.25) is 5.02 Å². The standard InChI is InChI=1S/C15H12BrClN2S/c16-12-6-5-11(17)7-10(12)8-18-9-15-19-13-3-1-2-4-14(13)20-15/h1-7,18H,8-9H2. The van der Waals surface area contributed by atoms with Gasteiger partial charge in [-0.15, -0.1) is 11.3 Å². The molecule has 0 spiro atoms. The summed E-state index contributed by atoms with van der Waals surface area (Å²) in [4.78, 5) is 4.60. The third-order valence-corrected chi connectivity index (χ3v) is 4.98. The number of nitrogens with one attached hydrogen (secondary N) is 1. The Balaban J connectivity index is 1.66. The molecule has 2 aromatic carbocycles. The number of thiazole rings is 1. The molecule has 0 saturated carbocycles. The van der Waals surface area contributed by atoms with Crippen LogP contribution in [0.5, 0.6) is 0 Å². The van der Waals surface area contributed by atoms with E-state index in [2.05, 4.69) is 32.3 Å². The summed E-state index contributed by atoms with van der Waals surface area (Å²) in [7, 11) is 0. The zero-order chi connectivity index (χ0) is 13.9. The number of para-hydroxylation sites is 1. The first-order valence-corrected chi connectivity index (χ1v) is 8.20. The average molecular weight is 368 g/mol. The molecule has 3 rings (SSSR count). The third kappa shape index (κ3) is 3.20. The van der Waals surface area contributed by atoms with Crippen molar-refractivity contribution in [3.8, 4) is 0 Å². The number of rotatable bonds is 4. The van der Waals surface area contributed by atoms with E-state index in [1.54, 1.807) is 11.3 Å². The topological polar surface area (TPSA) is 24.9 Å². The highest BCUT2D eigenvalue weighted by atomic mass is 79.9. The van der Waals surface area contributed by atoms with E-state index in [0.717, 1.165) is 38.7 Å². The number of benzene rings is 2. The first-order chi connectivity index (χ1) is 9.72. The van der Waals surface area contributed by atoms with Crippen molar-refractivity contribution < 1.29 is 0 Å². The van der Waals surface area contributed by atoms with Crippen LogP contribution in [-0.2, 0) is 13.1 Å². The summed E-state index contributed by atoms with van der Waals surface area (Å²) in [5, 5.41) is 5.26. The van der Waals surface area contributed by atoms with E-state index in [4.69, 9.17) is 11.6 Å². The average Bonchev–Trinajstić information content (AvgIpc) is 2.85. The molecule has 0 fully saturated rings. The van der Waals surface area contributed by atoms with Crippen LogP contribution < -0.4 is 5.32 Å². The molecular formula is C15H12BrClN2S. The number of aromatic nitrogens is 1. The Hall–Kier alpha value is -0.940. The van der Waals surface area contributed by atoms with E-state index < -0.39 is 0 Å². The minimum atomic E-state index is 0.755. The zero-order valence-electron chi connectivity index (χ0n) is 10.6. The predicted molar refractivity (Wildman–Crippen MR) is 89.3 cm³/mol. The van der Waals surface area contributed by atoms with E-state index in [9.17, 15) is 0 Å². The number of fused-ring (bicyclic) bond motifs is 1. The minimum Gasteiger partial charge on any atom is -0.306 e. The molecule has 3 aromatic rings. The second-order valence-electron chi connectivity index (χ2n) is 4.41. The SMILES string of the molecule is Clc1ccc(Br)c(CNCc2nc3ccccc3s2)c1. The van der Waals surface area contributed by atoms with Gasteiger partial charge in [-0.05, 0) is 35.9 Å². The molecule has 0 bridgehead atoms. The van der Waals surface area contributed by atoms with E-state index in [1.165, 1.54) is 4.70 Å². The lowest BCUT2D eigenvalue weighted by Crippen LogP contribution is -2.12. The number of hydrogen-bond acceptors (Lipinski definition) is 3. The second-order valence-corrected chi connectivity index (χ2v) is 6.82. The molecule has 0 aliphatic heterocycles. The van der Waals surface area contributed by atoms with Gasteiger partial charge in [0.05, 0.1) is 10.2 Å². The van der Waals surface area contributed by atoms with Crippen molar-refractivity contribution in [3.05, 3.63) is 62.5 Å². The van der Waals surface area contributed by atoms with Crippen LogP contribution in [0.1, 0.15) is 10.6 Å². The fourth-order valence-corrected chi connectivity index (χ4v) is 3.50. The molecule has 0 amide bonds. The predicted octanol–water partition coefficient (Wildman–Crippen LogP) is 5.00. The molecule has 0 radical (unpaired) electrons. The summed E-state index contributed by atoms with van der Waals surface area (Å²) in [6.07, 6.45) is 0. The maximum atomic E-state index is 6.01. The summed E-state index contributed by atoms with van der Waals surface area (Å²) < 4.78 is 2.30. The molecule has 2 nitrogen and oxygen atoms in total. The van der Waals surface area contributed by atoms with Gasteiger partial charge in [0.25, 0.3) is 0 Å². The Kier molecular flexibility index (Phi) is 4.36. The molecule has 1 aromatic heterocycles. The van der Waals surface area contributed by atoms with E-state index in [1.807, 2.05) is 36.4 Å². The molecule has 5 heteroatoms. The van der Waals surface area contributed by atoms with E-state index in [0.29, 0.717) is 0 Å². The highest BCUT2D eigenvalue weighted by molar-refractivity contribution is 9.10.